The maximum atomic E-state index is 12.8. The van der Waals surface area contributed by atoms with Crippen molar-refractivity contribution < 1.29 is 9.59 Å². The van der Waals surface area contributed by atoms with Crippen molar-refractivity contribution >= 4 is 35.1 Å². The van der Waals surface area contributed by atoms with Crippen molar-refractivity contribution in [3.05, 3.63) is 41.7 Å². The van der Waals surface area contributed by atoms with E-state index in [9.17, 15) is 9.59 Å². The highest BCUT2D eigenvalue weighted by Gasteiger charge is 2.25. The van der Waals surface area contributed by atoms with Crippen LogP contribution in [0.5, 0.6) is 0 Å². The number of hydrogen-bond donors (Lipinski definition) is 2. The molecule has 31 heavy (non-hydrogen) atoms. The summed E-state index contributed by atoms with van der Waals surface area (Å²) >= 11 is 2.00. The van der Waals surface area contributed by atoms with E-state index in [-0.39, 0.29) is 18.0 Å². The van der Waals surface area contributed by atoms with E-state index in [2.05, 4.69) is 32.8 Å². The molecule has 0 spiro atoms. The molecule has 8 nitrogen and oxygen atoms in total. The second-order valence-electron chi connectivity index (χ2n) is 8.17. The number of nitrogens with one attached hydrogen (secondary N) is 2. The Morgan fingerprint density at radius 3 is 2.52 bits per heavy atom. The largest absolute Gasteiger partial charge is 0.370 e. The Morgan fingerprint density at radius 1 is 1.13 bits per heavy atom. The number of aryl methyl sites for hydroxylation is 2. The summed E-state index contributed by atoms with van der Waals surface area (Å²) in [5.74, 6) is 2.21. The van der Waals surface area contributed by atoms with Gasteiger partial charge in [0.1, 0.15) is 0 Å². The zero-order valence-electron chi connectivity index (χ0n) is 18.1. The Morgan fingerprint density at radius 2 is 1.87 bits per heavy atom. The maximum absolute atomic E-state index is 12.8. The number of benzene rings is 1. The van der Waals surface area contributed by atoms with E-state index in [0.717, 1.165) is 48.7 Å². The number of thioether (sulfide) groups is 1. The molecule has 1 aromatic heterocycles. The average molecular weight is 443 g/mol. The van der Waals surface area contributed by atoms with E-state index in [4.69, 9.17) is 0 Å². The molecular formula is C22H30N6O2S. The molecule has 3 amide bonds. The van der Waals surface area contributed by atoms with E-state index in [1.54, 1.807) is 24.1 Å². The molecule has 2 aliphatic heterocycles. The molecule has 0 radical (unpaired) electrons. The van der Waals surface area contributed by atoms with Crippen LogP contribution >= 0.6 is 11.8 Å². The van der Waals surface area contributed by atoms with Crippen LogP contribution in [0, 0.1) is 6.92 Å². The lowest BCUT2D eigenvalue weighted by Crippen LogP contribution is -2.47. The zero-order chi connectivity index (χ0) is 21.8. The number of aromatic nitrogens is 2. The van der Waals surface area contributed by atoms with Gasteiger partial charge in [0.15, 0.2) is 0 Å². The molecule has 2 N–H and O–H groups in total. The third kappa shape index (κ3) is 5.33. The van der Waals surface area contributed by atoms with Gasteiger partial charge in [-0.05, 0) is 43.5 Å². The first-order valence-electron chi connectivity index (χ1n) is 10.8. The fraction of sp³-hybridized carbons (Fsp3) is 0.500. The van der Waals surface area contributed by atoms with Crippen molar-refractivity contribution in [3.63, 3.8) is 0 Å². The minimum absolute atomic E-state index is 0.0699. The average Bonchev–Trinajstić information content (AvgIpc) is 3.23. The van der Waals surface area contributed by atoms with Gasteiger partial charge in [-0.1, -0.05) is 0 Å². The fourth-order valence-corrected chi connectivity index (χ4v) is 4.94. The van der Waals surface area contributed by atoms with E-state index in [0.29, 0.717) is 18.7 Å². The highest BCUT2D eigenvalue weighted by Crippen LogP contribution is 2.25. The van der Waals surface area contributed by atoms with Crippen molar-refractivity contribution in [3.8, 4) is 0 Å². The molecule has 2 aliphatic rings. The fourth-order valence-electron chi connectivity index (χ4n) is 4.03. The lowest BCUT2D eigenvalue weighted by molar-refractivity contribution is 0.0919. The number of amides is 3. The summed E-state index contributed by atoms with van der Waals surface area (Å²) in [6.45, 7) is 5.42. The van der Waals surface area contributed by atoms with Crippen LogP contribution in [0.2, 0.25) is 0 Å². The topological polar surface area (TPSA) is 82.5 Å². The van der Waals surface area contributed by atoms with Crippen LogP contribution in [0.25, 0.3) is 0 Å². The van der Waals surface area contributed by atoms with Crippen LogP contribution in [0.1, 0.15) is 28.8 Å². The van der Waals surface area contributed by atoms with Crippen molar-refractivity contribution in [2.24, 2.45) is 7.05 Å². The number of carbonyl (C=O) groups is 2. The Kier molecular flexibility index (Phi) is 6.70. The van der Waals surface area contributed by atoms with E-state index in [1.165, 1.54) is 5.69 Å². The first-order valence-corrected chi connectivity index (χ1v) is 11.9. The predicted molar refractivity (Wildman–Crippen MR) is 125 cm³/mol. The molecule has 2 fully saturated rings. The first-order chi connectivity index (χ1) is 15.0. The first kappa shape index (κ1) is 21.5. The zero-order valence-corrected chi connectivity index (χ0v) is 19.0. The predicted octanol–water partition coefficient (Wildman–Crippen LogP) is 2.71. The summed E-state index contributed by atoms with van der Waals surface area (Å²) in [6, 6.07) is 6.25. The lowest BCUT2D eigenvalue weighted by atomic mass is 10.0. The van der Waals surface area contributed by atoms with Gasteiger partial charge in [-0.2, -0.15) is 16.9 Å². The second kappa shape index (κ2) is 9.64. The molecule has 0 bridgehead atoms. The molecule has 0 aliphatic carbocycles. The maximum Gasteiger partial charge on any atom is 0.321 e. The SMILES string of the molecule is Cc1cc(N2CCSCC2)ccc1NC(=O)N1CCC(NC(=O)c2cnn(C)c2)CC1. The van der Waals surface area contributed by atoms with Crippen molar-refractivity contribution in [2.45, 2.75) is 25.8 Å². The molecule has 0 unspecified atom stereocenters. The number of carbonyl (C=O) groups excluding carboxylic acids is 2. The standard InChI is InChI=1S/C22H30N6O2S/c1-16-13-19(27-9-11-31-12-10-27)3-4-20(16)25-22(30)28-7-5-18(6-8-28)24-21(29)17-14-23-26(2)15-17/h3-4,13-15,18H,5-12H2,1-2H3,(H,24,29)(H,25,30). The summed E-state index contributed by atoms with van der Waals surface area (Å²) in [7, 11) is 1.79. The molecule has 166 valence electrons. The molecule has 2 aromatic rings. The van der Waals surface area contributed by atoms with E-state index < -0.39 is 0 Å². The van der Waals surface area contributed by atoms with Crippen LogP contribution in [0.4, 0.5) is 16.2 Å². The number of piperidine rings is 1. The van der Waals surface area contributed by atoms with E-state index >= 15 is 0 Å². The van der Waals surface area contributed by atoms with Gasteiger partial charge >= 0.3 is 6.03 Å². The molecule has 9 heteroatoms. The van der Waals surface area contributed by atoms with E-state index in [1.807, 2.05) is 29.7 Å². The van der Waals surface area contributed by atoms with Gasteiger partial charge in [0, 0.05) is 68.3 Å². The highest BCUT2D eigenvalue weighted by molar-refractivity contribution is 7.99. The van der Waals surface area contributed by atoms with Crippen LogP contribution in [-0.2, 0) is 7.05 Å². The number of hydrogen-bond acceptors (Lipinski definition) is 5. The summed E-state index contributed by atoms with van der Waals surface area (Å²) < 4.78 is 1.61. The second-order valence-corrected chi connectivity index (χ2v) is 9.39. The summed E-state index contributed by atoms with van der Waals surface area (Å²) in [6.07, 6.45) is 4.75. The molecule has 2 saturated heterocycles. The number of anilines is 2. The summed E-state index contributed by atoms with van der Waals surface area (Å²) in [4.78, 5) is 29.3. The quantitative estimate of drug-likeness (QED) is 0.761. The minimum atomic E-state index is -0.112. The number of urea groups is 1. The van der Waals surface area contributed by atoms with Crippen LogP contribution in [-0.4, -0.2) is 70.3 Å². The smallest absolute Gasteiger partial charge is 0.321 e. The normalized spacial score (nSPS) is 17.5. The van der Waals surface area contributed by atoms with Crippen molar-refractivity contribution in [1.29, 1.82) is 0 Å². The highest BCUT2D eigenvalue weighted by atomic mass is 32.2. The minimum Gasteiger partial charge on any atom is -0.370 e. The molecular weight excluding hydrogens is 412 g/mol. The van der Waals surface area contributed by atoms with Crippen molar-refractivity contribution in [1.82, 2.24) is 20.0 Å². The van der Waals surface area contributed by atoms with Gasteiger partial charge in [-0.15, -0.1) is 0 Å². The molecule has 3 heterocycles. The Hall–Kier alpha value is -2.68. The summed E-state index contributed by atoms with van der Waals surface area (Å²) in [5, 5.41) is 10.1. The number of nitrogens with zero attached hydrogens (tertiary/aromatic N) is 4. The summed E-state index contributed by atoms with van der Waals surface area (Å²) in [5.41, 5.74) is 3.71. The lowest BCUT2D eigenvalue weighted by Gasteiger charge is -2.32. The molecule has 4 rings (SSSR count). The molecule has 0 atom stereocenters. The van der Waals surface area contributed by atoms with Gasteiger partial charge in [0.2, 0.25) is 0 Å². The van der Waals surface area contributed by atoms with Crippen LogP contribution in [0.15, 0.2) is 30.6 Å². The van der Waals surface area contributed by atoms with Crippen molar-refractivity contribution in [2.75, 3.05) is 47.9 Å². The Bertz CT molecular complexity index is 932. The Labute approximate surface area is 187 Å². The van der Waals surface area contributed by atoms with Gasteiger partial charge in [-0.3, -0.25) is 9.48 Å². The Balaban J connectivity index is 1.27. The third-order valence-corrected chi connectivity index (χ3v) is 6.85. The molecule has 0 saturated carbocycles. The van der Waals surface area contributed by atoms with Crippen LogP contribution < -0.4 is 15.5 Å². The number of rotatable bonds is 4. The molecule has 1 aromatic carbocycles. The van der Waals surface area contributed by atoms with Gasteiger partial charge < -0.3 is 20.4 Å². The number of likely N-dealkylation sites (tertiary alicyclic amines) is 1. The monoisotopic (exact) mass is 442 g/mol. The van der Waals surface area contributed by atoms with Crippen LogP contribution in [0.3, 0.4) is 0 Å². The van der Waals surface area contributed by atoms with Gasteiger partial charge in [-0.25, -0.2) is 4.79 Å². The third-order valence-electron chi connectivity index (χ3n) is 5.91. The van der Waals surface area contributed by atoms with Gasteiger partial charge in [0.05, 0.1) is 11.8 Å². The van der Waals surface area contributed by atoms with Gasteiger partial charge in [0.25, 0.3) is 5.91 Å².